The molecule has 2 N–H and O–H groups in total. The minimum absolute atomic E-state index is 0.689. The van der Waals surface area contributed by atoms with Crippen LogP contribution in [0.4, 0.5) is 11.4 Å². The highest BCUT2D eigenvalue weighted by molar-refractivity contribution is 6.32. The molecule has 1 heterocycles. The average molecular weight is 316 g/mol. The van der Waals surface area contributed by atoms with Crippen molar-refractivity contribution < 1.29 is 0 Å². The fourth-order valence-corrected chi connectivity index (χ4v) is 3.16. The molecule has 1 aliphatic heterocycles. The first kappa shape index (κ1) is 15.2. The van der Waals surface area contributed by atoms with Crippen LogP contribution in [0.15, 0.2) is 42.5 Å². The van der Waals surface area contributed by atoms with Gasteiger partial charge in [0.15, 0.2) is 0 Å². The van der Waals surface area contributed by atoms with Gasteiger partial charge < -0.3 is 10.3 Å². The lowest BCUT2D eigenvalue weighted by Crippen LogP contribution is -2.22. The number of para-hydroxylation sites is 1. The Balaban J connectivity index is 1.65. The number of rotatable bonds is 5. The SMILES string of the molecule is Cc1c(N2CCCC2)ccc(CNNc2ccccc2)c1Cl. The first-order chi connectivity index (χ1) is 10.8. The summed E-state index contributed by atoms with van der Waals surface area (Å²) in [6.45, 7) is 5.09. The molecule has 0 spiro atoms. The largest absolute Gasteiger partial charge is 0.371 e. The molecule has 4 heteroatoms. The molecule has 0 saturated carbocycles. The molecule has 0 radical (unpaired) electrons. The third-order valence-electron chi connectivity index (χ3n) is 4.17. The van der Waals surface area contributed by atoms with Crippen LogP contribution in [0.2, 0.25) is 5.02 Å². The summed E-state index contributed by atoms with van der Waals surface area (Å²) in [5, 5.41) is 0.867. The third kappa shape index (κ3) is 3.37. The number of hydrogen-bond acceptors (Lipinski definition) is 3. The van der Waals surface area contributed by atoms with Crippen LogP contribution in [0.3, 0.4) is 0 Å². The topological polar surface area (TPSA) is 27.3 Å². The lowest BCUT2D eigenvalue weighted by Gasteiger charge is -2.22. The van der Waals surface area contributed by atoms with E-state index in [1.54, 1.807) is 0 Å². The molecule has 22 heavy (non-hydrogen) atoms. The zero-order chi connectivity index (χ0) is 15.4. The highest BCUT2D eigenvalue weighted by atomic mass is 35.5. The predicted molar refractivity (Wildman–Crippen MR) is 94.5 cm³/mol. The van der Waals surface area contributed by atoms with E-state index < -0.39 is 0 Å². The fourth-order valence-electron chi connectivity index (χ4n) is 2.93. The van der Waals surface area contributed by atoms with Gasteiger partial charge in [-0.2, -0.15) is 0 Å². The van der Waals surface area contributed by atoms with Gasteiger partial charge in [-0.15, -0.1) is 0 Å². The van der Waals surface area contributed by atoms with Gasteiger partial charge in [-0.25, -0.2) is 5.43 Å². The van der Waals surface area contributed by atoms with E-state index in [4.69, 9.17) is 11.6 Å². The Kier molecular flexibility index (Phi) is 4.86. The molecule has 2 aromatic rings. The van der Waals surface area contributed by atoms with Crippen LogP contribution in [0.5, 0.6) is 0 Å². The highest BCUT2D eigenvalue weighted by Crippen LogP contribution is 2.31. The number of nitrogens with zero attached hydrogens (tertiary/aromatic N) is 1. The molecule has 116 valence electrons. The number of hydrazine groups is 1. The van der Waals surface area contributed by atoms with E-state index >= 15 is 0 Å². The molecule has 2 aromatic carbocycles. The van der Waals surface area contributed by atoms with Crippen LogP contribution in [-0.2, 0) is 6.54 Å². The number of halogens is 1. The fraction of sp³-hybridized carbons (Fsp3) is 0.333. The van der Waals surface area contributed by atoms with Gasteiger partial charge in [0.1, 0.15) is 0 Å². The maximum Gasteiger partial charge on any atom is 0.0501 e. The van der Waals surface area contributed by atoms with Gasteiger partial charge in [0, 0.05) is 31.0 Å². The van der Waals surface area contributed by atoms with Crippen LogP contribution >= 0.6 is 11.6 Å². The maximum absolute atomic E-state index is 6.56. The van der Waals surface area contributed by atoms with Crippen molar-refractivity contribution in [3.63, 3.8) is 0 Å². The summed E-state index contributed by atoms with van der Waals surface area (Å²) in [5.41, 5.74) is 11.0. The molecule has 0 unspecified atom stereocenters. The second-order valence-corrected chi connectivity index (χ2v) is 6.10. The molecule has 3 nitrogen and oxygen atoms in total. The molecule has 1 aliphatic rings. The van der Waals surface area contributed by atoms with Gasteiger partial charge >= 0.3 is 0 Å². The zero-order valence-electron chi connectivity index (χ0n) is 12.9. The van der Waals surface area contributed by atoms with E-state index in [0.29, 0.717) is 6.54 Å². The molecule has 1 fully saturated rings. The summed E-state index contributed by atoms with van der Waals surface area (Å²) in [6.07, 6.45) is 2.56. The van der Waals surface area contributed by atoms with Crippen molar-refractivity contribution >= 4 is 23.0 Å². The van der Waals surface area contributed by atoms with Crippen molar-refractivity contribution in [1.82, 2.24) is 5.43 Å². The lowest BCUT2D eigenvalue weighted by atomic mass is 10.1. The maximum atomic E-state index is 6.56. The van der Waals surface area contributed by atoms with E-state index in [0.717, 1.165) is 29.4 Å². The Labute approximate surface area is 137 Å². The van der Waals surface area contributed by atoms with Gasteiger partial charge in [0.2, 0.25) is 0 Å². The first-order valence-corrected chi connectivity index (χ1v) is 8.20. The molecule has 0 aromatic heterocycles. The number of hydrogen-bond donors (Lipinski definition) is 2. The second kappa shape index (κ2) is 7.03. The van der Waals surface area contributed by atoms with Crippen molar-refractivity contribution in [3.05, 3.63) is 58.6 Å². The predicted octanol–water partition coefficient (Wildman–Crippen LogP) is 4.37. The standard InChI is InChI=1S/C18H22ClN3/c1-14-17(22-11-5-6-12-22)10-9-15(18(14)19)13-20-21-16-7-3-2-4-8-16/h2-4,7-10,20-21H,5-6,11-13H2,1H3. The summed E-state index contributed by atoms with van der Waals surface area (Å²) in [6, 6.07) is 14.4. The molecule has 0 amide bonds. The van der Waals surface area contributed by atoms with Crippen molar-refractivity contribution in [2.24, 2.45) is 0 Å². The van der Waals surface area contributed by atoms with E-state index in [2.05, 4.69) is 34.8 Å². The molecular formula is C18H22ClN3. The van der Waals surface area contributed by atoms with Crippen molar-refractivity contribution in [2.75, 3.05) is 23.4 Å². The van der Waals surface area contributed by atoms with Crippen LogP contribution in [0, 0.1) is 6.92 Å². The van der Waals surface area contributed by atoms with E-state index in [9.17, 15) is 0 Å². The molecule has 0 aliphatic carbocycles. The molecule has 1 saturated heterocycles. The Morgan fingerprint density at radius 3 is 2.50 bits per heavy atom. The second-order valence-electron chi connectivity index (χ2n) is 5.72. The van der Waals surface area contributed by atoms with Gasteiger partial charge in [-0.1, -0.05) is 35.9 Å². The van der Waals surface area contributed by atoms with Gasteiger partial charge in [0.05, 0.1) is 5.02 Å². The summed E-state index contributed by atoms with van der Waals surface area (Å²) in [5.74, 6) is 0. The van der Waals surface area contributed by atoms with Crippen LogP contribution in [0.1, 0.15) is 24.0 Å². The molecular weight excluding hydrogens is 294 g/mol. The highest BCUT2D eigenvalue weighted by Gasteiger charge is 2.16. The average Bonchev–Trinajstić information content (AvgIpc) is 3.07. The van der Waals surface area contributed by atoms with Crippen molar-refractivity contribution in [1.29, 1.82) is 0 Å². The Bertz CT molecular complexity index is 622. The minimum Gasteiger partial charge on any atom is -0.371 e. The van der Waals surface area contributed by atoms with Crippen molar-refractivity contribution in [2.45, 2.75) is 26.3 Å². The van der Waals surface area contributed by atoms with Gasteiger partial charge in [-0.05, 0) is 49.1 Å². The first-order valence-electron chi connectivity index (χ1n) is 7.82. The Morgan fingerprint density at radius 2 is 1.77 bits per heavy atom. The minimum atomic E-state index is 0.689. The van der Waals surface area contributed by atoms with Crippen LogP contribution in [0.25, 0.3) is 0 Å². The van der Waals surface area contributed by atoms with Gasteiger partial charge in [0.25, 0.3) is 0 Å². The molecule has 0 bridgehead atoms. The smallest absolute Gasteiger partial charge is 0.0501 e. The number of anilines is 2. The van der Waals surface area contributed by atoms with E-state index in [1.165, 1.54) is 24.1 Å². The summed E-state index contributed by atoms with van der Waals surface area (Å²) >= 11 is 6.56. The normalized spacial score (nSPS) is 14.4. The summed E-state index contributed by atoms with van der Waals surface area (Å²) in [4.78, 5) is 2.43. The lowest BCUT2D eigenvalue weighted by molar-refractivity contribution is 0.800. The number of nitrogens with one attached hydrogen (secondary N) is 2. The van der Waals surface area contributed by atoms with Crippen molar-refractivity contribution in [3.8, 4) is 0 Å². The number of benzene rings is 2. The summed E-state index contributed by atoms with van der Waals surface area (Å²) < 4.78 is 0. The van der Waals surface area contributed by atoms with Crippen LogP contribution in [-0.4, -0.2) is 13.1 Å². The third-order valence-corrected chi connectivity index (χ3v) is 4.70. The summed E-state index contributed by atoms with van der Waals surface area (Å²) in [7, 11) is 0. The van der Waals surface area contributed by atoms with E-state index in [-0.39, 0.29) is 0 Å². The van der Waals surface area contributed by atoms with E-state index in [1.807, 2.05) is 30.3 Å². The Hall–Kier alpha value is -1.71. The Morgan fingerprint density at radius 1 is 1.05 bits per heavy atom. The van der Waals surface area contributed by atoms with Gasteiger partial charge in [-0.3, -0.25) is 0 Å². The molecule has 3 rings (SSSR count). The van der Waals surface area contributed by atoms with Crippen LogP contribution < -0.4 is 15.8 Å². The zero-order valence-corrected chi connectivity index (χ0v) is 13.7. The molecule has 0 atom stereocenters. The monoisotopic (exact) mass is 315 g/mol. The quantitative estimate of drug-likeness (QED) is 0.803.